The number of carbonyl (C=O) groups is 3. The molecule has 3 amide bonds. The number of hydrogen-bond donors (Lipinski definition) is 1. The predicted octanol–water partition coefficient (Wildman–Crippen LogP) is 3.57. The molecule has 1 heterocycles. The van der Waals surface area contributed by atoms with Crippen LogP contribution in [0.2, 0.25) is 0 Å². The second-order valence-corrected chi connectivity index (χ2v) is 8.61. The van der Waals surface area contributed by atoms with Crippen molar-refractivity contribution >= 4 is 23.4 Å². The second kappa shape index (κ2) is 10.2. The van der Waals surface area contributed by atoms with Gasteiger partial charge in [0, 0.05) is 24.8 Å². The molecule has 0 bridgehead atoms. The number of anilines is 1. The summed E-state index contributed by atoms with van der Waals surface area (Å²) in [4.78, 5) is 40.6. The van der Waals surface area contributed by atoms with Crippen molar-refractivity contribution in [3.8, 4) is 11.8 Å². The van der Waals surface area contributed by atoms with E-state index in [0.29, 0.717) is 17.8 Å². The van der Waals surface area contributed by atoms with E-state index in [-0.39, 0.29) is 24.4 Å². The molecule has 2 aromatic rings. The molecule has 1 saturated heterocycles. The molecule has 1 N–H and O–H groups in total. The Labute approximate surface area is 204 Å². The number of hydrogen-bond acceptors (Lipinski definition) is 5. The van der Waals surface area contributed by atoms with Crippen LogP contribution >= 0.6 is 0 Å². The van der Waals surface area contributed by atoms with E-state index in [1.165, 1.54) is 11.9 Å². The molecule has 0 saturated carbocycles. The van der Waals surface area contributed by atoms with Gasteiger partial charge in [-0.25, -0.2) is 4.39 Å². The van der Waals surface area contributed by atoms with Crippen molar-refractivity contribution in [2.45, 2.75) is 25.7 Å². The van der Waals surface area contributed by atoms with Crippen molar-refractivity contribution in [1.29, 1.82) is 5.26 Å². The molecular formula is C24H22F4N4O4. The van der Waals surface area contributed by atoms with Crippen LogP contribution in [0.25, 0.3) is 0 Å². The molecule has 8 nitrogen and oxygen atoms in total. The van der Waals surface area contributed by atoms with Gasteiger partial charge >= 0.3 is 6.36 Å². The fourth-order valence-electron chi connectivity index (χ4n) is 3.86. The highest BCUT2D eigenvalue weighted by atomic mass is 19.4. The van der Waals surface area contributed by atoms with Crippen LogP contribution < -0.4 is 10.1 Å². The normalized spacial score (nSPS) is 19.4. The van der Waals surface area contributed by atoms with Gasteiger partial charge in [-0.2, -0.15) is 5.26 Å². The number of amides is 3. The maximum absolute atomic E-state index is 14.0. The zero-order valence-corrected chi connectivity index (χ0v) is 19.3. The second-order valence-electron chi connectivity index (χ2n) is 8.61. The van der Waals surface area contributed by atoms with Crippen LogP contribution in [0.5, 0.6) is 5.75 Å². The molecule has 0 spiro atoms. The molecule has 1 aliphatic heterocycles. The quantitative estimate of drug-likeness (QED) is 0.604. The van der Waals surface area contributed by atoms with E-state index < -0.39 is 47.7 Å². The standard InChI is InChI=1S/C24H22F4N4O4/c1-23(22(35)30-16-6-4-3-5-7-16)11-17(12-29)32(14-23)20(33)13-31(2)21(34)15-8-9-19(18(25)10-15)36-24(26,27)28/h3-10,17H,11,13-14H2,1-2H3,(H,30,35). The summed E-state index contributed by atoms with van der Waals surface area (Å²) in [6.07, 6.45) is -5.02. The van der Waals surface area contributed by atoms with Crippen LogP contribution in [0.1, 0.15) is 23.7 Å². The number of benzene rings is 2. The summed E-state index contributed by atoms with van der Waals surface area (Å²) in [5.74, 6) is -4.32. The number of likely N-dealkylation sites (tertiary alicyclic amines) is 1. The fraction of sp³-hybridized carbons (Fsp3) is 0.333. The third-order valence-electron chi connectivity index (χ3n) is 5.71. The first kappa shape index (κ1) is 26.5. The van der Waals surface area contributed by atoms with Crippen LogP contribution in [0, 0.1) is 22.6 Å². The number of rotatable bonds is 6. The minimum Gasteiger partial charge on any atom is -0.403 e. The molecule has 0 aromatic heterocycles. The maximum atomic E-state index is 14.0. The topological polar surface area (TPSA) is 103 Å². The molecule has 2 aromatic carbocycles. The number of carbonyl (C=O) groups excluding carboxylic acids is 3. The summed E-state index contributed by atoms with van der Waals surface area (Å²) in [6.45, 7) is 1.06. The van der Waals surface area contributed by atoms with Gasteiger partial charge in [-0.15, -0.1) is 13.2 Å². The van der Waals surface area contributed by atoms with E-state index in [1.807, 2.05) is 6.07 Å². The van der Waals surface area contributed by atoms with Crippen molar-refractivity contribution in [3.05, 3.63) is 59.9 Å². The van der Waals surface area contributed by atoms with Crippen LogP contribution in [0.15, 0.2) is 48.5 Å². The fourth-order valence-corrected chi connectivity index (χ4v) is 3.86. The molecule has 2 atom stereocenters. The van der Waals surface area contributed by atoms with Gasteiger partial charge in [-0.3, -0.25) is 14.4 Å². The van der Waals surface area contributed by atoms with Gasteiger partial charge < -0.3 is 19.9 Å². The van der Waals surface area contributed by atoms with E-state index in [2.05, 4.69) is 10.1 Å². The van der Waals surface area contributed by atoms with E-state index in [9.17, 15) is 37.2 Å². The summed E-state index contributed by atoms with van der Waals surface area (Å²) < 4.78 is 54.5. The number of nitrogens with zero attached hydrogens (tertiary/aromatic N) is 3. The molecule has 12 heteroatoms. The smallest absolute Gasteiger partial charge is 0.403 e. The van der Waals surface area contributed by atoms with E-state index in [0.717, 1.165) is 11.0 Å². The van der Waals surface area contributed by atoms with Crippen molar-refractivity contribution in [2.24, 2.45) is 5.41 Å². The highest BCUT2D eigenvalue weighted by Gasteiger charge is 2.48. The van der Waals surface area contributed by atoms with Gasteiger partial charge in [0.15, 0.2) is 11.6 Å². The minimum atomic E-state index is -5.10. The predicted molar refractivity (Wildman–Crippen MR) is 119 cm³/mol. The average Bonchev–Trinajstić information content (AvgIpc) is 3.18. The Hall–Kier alpha value is -4.14. The first-order chi connectivity index (χ1) is 16.8. The Bertz CT molecular complexity index is 1200. The number of nitriles is 1. The van der Waals surface area contributed by atoms with Crippen LogP contribution in [-0.4, -0.2) is 60.1 Å². The highest BCUT2D eigenvalue weighted by Crippen LogP contribution is 2.36. The first-order valence-electron chi connectivity index (χ1n) is 10.7. The van der Waals surface area contributed by atoms with Crippen molar-refractivity contribution in [3.63, 3.8) is 0 Å². The van der Waals surface area contributed by atoms with E-state index >= 15 is 0 Å². The Morgan fingerprint density at radius 2 is 1.89 bits per heavy atom. The van der Waals surface area contributed by atoms with E-state index in [1.54, 1.807) is 37.3 Å². The molecule has 1 aliphatic rings. The summed E-state index contributed by atoms with van der Waals surface area (Å²) in [5.41, 5.74) is -0.805. The lowest BCUT2D eigenvalue weighted by atomic mass is 9.87. The molecule has 0 radical (unpaired) electrons. The number of alkyl halides is 3. The number of ether oxygens (including phenoxy) is 1. The SMILES string of the molecule is CN(CC(=O)N1CC(C)(C(=O)Nc2ccccc2)CC1C#N)C(=O)c1ccc(OC(F)(F)F)c(F)c1. The minimum absolute atomic E-state index is 0.0666. The average molecular weight is 506 g/mol. The van der Waals surface area contributed by atoms with Gasteiger partial charge in [0.1, 0.15) is 6.04 Å². The largest absolute Gasteiger partial charge is 0.573 e. The lowest BCUT2D eigenvalue weighted by Crippen LogP contribution is -2.44. The maximum Gasteiger partial charge on any atom is 0.573 e. The van der Waals surface area contributed by atoms with Crippen LogP contribution in [0.4, 0.5) is 23.2 Å². The Kier molecular flexibility index (Phi) is 7.52. The lowest BCUT2D eigenvalue weighted by Gasteiger charge is -2.26. The molecule has 0 aliphatic carbocycles. The Balaban J connectivity index is 1.67. The van der Waals surface area contributed by atoms with Crippen molar-refractivity contribution in [1.82, 2.24) is 9.80 Å². The summed E-state index contributed by atoms with van der Waals surface area (Å²) >= 11 is 0. The van der Waals surface area contributed by atoms with E-state index in [4.69, 9.17) is 0 Å². The highest BCUT2D eigenvalue weighted by molar-refractivity contribution is 5.98. The number of halogens is 4. The van der Waals surface area contributed by atoms with Gasteiger partial charge in [-0.1, -0.05) is 18.2 Å². The monoisotopic (exact) mass is 506 g/mol. The van der Waals surface area contributed by atoms with Crippen molar-refractivity contribution < 1.29 is 36.7 Å². The van der Waals surface area contributed by atoms with Gasteiger partial charge in [0.2, 0.25) is 11.8 Å². The number of para-hydroxylation sites is 1. The molecule has 36 heavy (non-hydrogen) atoms. The number of likely N-dealkylation sites (N-methyl/N-ethyl adjacent to an activating group) is 1. The van der Waals surface area contributed by atoms with Gasteiger partial charge in [-0.05, 0) is 43.7 Å². The molecule has 1 fully saturated rings. The van der Waals surface area contributed by atoms with Gasteiger partial charge in [0.25, 0.3) is 5.91 Å². The lowest BCUT2D eigenvalue weighted by molar-refractivity contribution is -0.275. The molecule has 2 unspecified atom stereocenters. The van der Waals surface area contributed by atoms with Crippen molar-refractivity contribution in [2.75, 3.05) is 25.5 Å². The van der Waals surface area contributed by atoms with Crippen LogP contribution in [0.3, 0.4) is 0 Å². The molecular weight excluding hydrogens is 484 g/mol. The van der Waals surface area contributed by atoms with Gasteiger partial charge in [0.05, 0.1) is 18.0 Å². The zero-order valence-electron chi connectivity index (χ0n) is 19.3. The molecule has 3 rings (SSSR count). The molecule has 190 valence electrons. The first-order valence-corrected chi connectivity index (χ1v) is 10.7. The Morgan fingerprint density at radius 1 is 1.22 bits per heavy atom. The third kappa shape index (κ3) is 6.10. The Morgan fingerprint density at radius 3 is 2.47 bits per heavy atom. The summed E-state index contributed by atoms with van der Waals surface area (Å²) in [7, 11) is 1.25. The zero-order chi connectivity index (χ0) is 26.7. The summed E-state index contributed by atoms with van der Waals surface area (Å²) in [5, 5.41) is 12.3. The summed E-state index contributed by atoms with van der Waals surface area (Å²) in [6, 6.07) is 11.9. The van der Waals surface area contributed by atoms with Crippen LogP contribution in [-0.2, 0) is 9.59 Å². The third-order valence-corrected chi connectivity index (χ3v) is 5.71. The number of nitrogens with one attached hydrogen (secondary N) is 1.